The second-order valence-corrected chi connectivity index (χ2v) is 11.8. The molecule has 9 nitrogen and oxygen atoms in total. The molecule has 0 N–H and O–H groups in total. The average molecular weight is 620 g/mol. The van der Waals surface area contributed by atoms with Gasteiger partial charge in [0.15, 0.2) is 11.5 Å². The molecule has 3 aromatic rings. The first kappa shape index (κ1) is 32.3. The summed E-state index contributed by atoms with van der Waals surface area (Å²) in [5.74, 6) is 3.75. The van der Waals surface area contributed by atoms with Crippen LogP contribution >= 0.6 is 0 Å². The lowest BCUT2D eigenvalue weighted by Gasteiger charge is -2.34. The van der Waals surface area contributed by atoms with Crippen LogP contribution in [0.3, 0.4) is 0 Å². The Morgan fingerprint density at radius 1 is 0.844 bits per heavy atom. The van der Waals surface area contributed by atoms with Crippen molar-refractivity contribution in [2.75, 3.05) is 62.3 Å². The molecule has 0 bridgehead atoms. The molecule has 0 aliphatic carbocycles. The van der Waals surface area contributed by atoms with Gasteiger partial charge in [-0.3, -0.25) is 4.79 Å². The highest BCUT2D eigenvalue weighted by Gasteiger charge is 2.38. The second-order valence-electron chi connectivity index (χ2n) is 11.8. The third-order valence-corrected chi connectivity index (χ3v) is 9.09. The van der Waals surface area contributed by atoms with Crippen LogP contribution in [0.25, 0.3) is 0 Å². The Morgan fingerprint density at radius 3 is 2.09 bits per heavy atom. The summed E-state index contributed by atoms with van der Waals surface area (Å²) in [4.78, 5) is 16.0. The van der Waals surface area contributed by atoms with E-state index >= 15 is 0 Å². The van der Waals surface area contributed by atoms with Gasteiger partial charge in [0.2, 0.25) is 5.75 Å². The molecule has 2 aliphatic heterocycles. The van der Waals surface area contributed by atoms with E-state index in [0.29, 0.717) is 40.4 Å². The molecule has 2 heterocycles. The van der Waals surface area contributed by atoms with Crippen molar-refractivity contribution in [1.82, 2.24) is 4.90 Å². The minimum Gasteiger partial charge on any atom is -0.497 e. The van der Waals surface area contributed by atoms with Gasteiger partial charge in [-0.05, 0) is 73.7 Å². The van der Waals surface area contributed by atoms with Crippen molar-refractivity contribution in [2.45, 2.75) is 44.4 Å². The number of rotatable bonds is 12. The summed E-state index contributed by atoms with van der Waals surface area (Å²) in [6.45, 7) is 5.37. The van der Waals surface area contributed by atoms with Crippen LogP contribution in [0.2, 0.25) is 0 Å². The molecule has 9 heteroatoms. The van der Waals surface area contributed by atoms with Gasteiger partial charge in [0.1, 0.15) is 23.0 Å². The molecule has 242 valence electrons. The van der Waals surface area contributed by atoms with Crippen molar-refractivity contribution in [1.29, 1.82) is 0 Å². The second kappa shape index (κ2) is 14.3. The SMILES string of the molecule is COc1ccc(C(CCN2CCCC(C)C2)c2c(OC)cc(OC)c3c2OC(=O)CC3c2cc(OC)c(OC)c(OC)c2)cc1. The summed E-state index contributed by atoms with van der Waals surface area (Å²) in [6, 6.07) is 13.8. The standard InChI is InChI=1S/C36H45NO8/c1-22-9-8-15-37(21-22)16-14-26(23-10-12-25(39-2)13-11-23)33-28(40-3)20-29(41-4)34-27(19-32(38)45-36(33)34)24-17-30(42-5)35(44-7)31(18-24)43-6/h10-13,17-18,20,22,26-27H,8-9,14-16,19,21H2,1-7H3. The highest BCUT2D eigenvalue weighted by molar-refractivity contribution is 5.81. The lowest BCUT2D eigenvalue weighted by molar-refractivity contribution is -0.135. The Balaban J connectivity index is 1.69. The van der Waals surface area contributed by atoms with Crippen molar-refractivity contribution in [3.8, 4) is 40.2 Å². The maximum Gasteiger partial charge on any atom is 0.312 e. The van der Waals surface area contributed by atoms with Crippen LogP contribution in [-0.4, -0.2) is 73.2 Å². The van der Waals surface area contributed by atoms with E-state index in [4.69, 9.17) is 33.2 Å². The van der Waals surface area contributed by atoms with E-state index < -0.39 is 5.92 Å². The van der Waals surface area contributed by atoms with Crippen LogP contribution in [-0.2, 0) is 4.79 Å². The van der Waals surface area contributed by atoms with Gasteiger partial charge in [-0.15, -0.1) is 0 Å². The lowest BCUT2D eigenvalue weighted by Crippen LogP contribution is -2.35. The number of benzene rings is 3. The van der Waals surface area contributed by atoms with Gasteiger partial charge in [-0.25, -0.2) is 0 Å². The zero-order chi connectivity index (χ0) is 32.1. The summed E-state index contributed by atoms with van der Waals surface area (Å²) in [5.41, 5.74) is 3.51. The zero-order valence-corrected chi connectivity index (χ0v) is 27.4. The third kappa shape index (κ3) is 6.64. The van der Waals surface area contributed by atoms with Crippen LogP contribution in [0.5, 0.6) is 40.2 Å². The number of methoxy groups -OCH3 is 6. The maximum atomic E-state index is 13.5. The number of nitrogens with zero attached hydrogens (tertiary/aromatic N) is 1. The Kier molecular flexibility index (Phi) is 10.3. The van der Waals surface area contributed by atoms with Gasteiger partial charge < -0.3 is 38.1 Å². The van der Waals surface area contributed by atoms with Gasteiger partial charge in [-0.1, -0.05) is 19.1 Å². The highest BCUT2D eigenvalue weighted by atomic mass is 16.5. The first-order chi connectivity index (χ1) is 21.8. The van der Waals surface area contributed by atoms with Crippen LogP contribution in [0.15, 0.2) is 42.5 Å². The molecule has 0 spiro atoms. The van der Waals surface area contributed by atoms with Crippen molar-refractivity contribution < 1.29 is 38.0 Å². The molecule has 0 radical (unpaired) electrons. The van der Waals surface area contributed by atoms with Crippen molar-refractivity contribution >= 4 is 5.97 Å². The van der Waals surface area contributed by atoms with E-state index in [1.807, 2.05) is 30.3 Å². The van der Waals surface area contributed by atoms with Gasteiger partial charge >= 0.3 is 5.97 Å². The minimum absolute atomic E-state index is 0.118. The summed E-state index contributed by atoms with van der Waals surface area (Å²) >= 11 is 0. The Hall–Kier alpha value is -4.11. The molecular formula is C36H45NO8. The molecular weight excluding hydrogens is 574 g/mol. The van der Waals surface area contributed by atoms with Crippen LogP contribution < -0.4 is 33.2 Å². The topological polar surface area (TPSA) is 84.9 Å². The highest BCUT2D eigenvalue weighted by Crippen LogP contribution is 2.54. The molecule has 1 fully saturated rings. The number of likely N-dealkylation sites (tertiary alicyclic amines) is 1. The van der Waals surface area contributed by atoms with Gasteiger partial charge in [0.25, 0.3) is 0 Å². The number of piperidine rings is 1. The molecule has 0 aromatic heterocycles. The lowest BCUT2D eigenvalue weighted by atomic mass is 9.79. The number of fused-ring (bicyclic) bond motifs is 1. The van der Waals surface area contributed by atoms with Crippen molar-refractivity contribution in [3.63, 3.8) is 0 Å². The molecule has 5 rings (SSSR count). The largest absolute Gasteiger partial charge is 0.497 e. The zero-order valence-electron chi connectivity index (χ0n) is 27.4. The summed E-state index contributed by atoms with van der Waals surface area (Å²) in [5, 5.41) is 0. The predicted molar refractivity (Wildman–Crippen MR) is 172 cm³/mol. The van der Waals surface area contributed by atoms with E-state index in [0.717, 1.165) is 54.1 Å². The third-order valence-electron chi connectivity index (χ3n) is 9.09. The van der Waals surface area contributed by atoms with Gasteiger partial charge in [-0.2, -0.15) is 0 Å². The summed E-state index contributed by atoms with van der Waals surface area (Å²) < 4.78 is 40.5. The monoisotopic (exact) mass is 619 g/mol. The molecule has 2 aliphatic rings. The average Bonchev–Trinajstić information content (AvgIpc) is 3.07. The van der Waals surface area contributed by atoms with Crippen molar-refractivity contribution in [3.05, 3.63) is 64.7 Å². The Bertz CT molecular complexity index is 1460. The fourth-order valence-corrected chi connectivity index (χ4v) is 6.88. The fraction of sp³-hybridized carbons (Fsp3) is 0.472. The molecule has 45 heavy (non-hydrogen) atoms. The van der Waals surface area contributed by atoms with Crippen LogP contribution in [0.4, 0.5) is 0 Å². The maximum absolute atomic E-state index is 13.5. The van der Waals surface area contributed by atoms with E-state index in [9.17, 15) is 4.79 Å². The molecule has 3 atom stereocenters. The number of esters is 1. The number of hydrogen-bond donors (Lipinski definition) is 0. The normalized spacial score (nSPS) is 18.8. The van der Waals surface area contributed by atoms with E-state index in [1.165, 1.54) is 12.8 Å². The van der Waals surface area contributed by atoms with Gasteiger partial charge in [0, 0.05) is 35.6 Å². The van der Waals surface area contributed by atoms with Crippen LogP contribution in [0.1, 0.15) is 66.7 Å². The Morgan fingerprint density at radius 2 is 1.51 bits per heavy atom. The molecule has 1 saturated heterocycles. The number of ether oxygens (including phenoxy) is 7. The summed E-state index contributed by atoms with van der Waals surface area (Å²) in [7, 11) is 9.65. The van der Waals surface area contributed by atoms with E-state index in [-0.39, 0.29) is 18.3 Å². The fourth-order valence-electron chi connectivity index (χ4n) is 6.88. The molecule has 3 aromatic carbocycles. The van der Waals surface area contributed by atoms with Crippen molar-refractivity contribution in [2.24, 2.45) is 5.92 Å². The van der Waals surface area contributed by atoms with E-state index in [2.05, 4.69) is 24.0 Å². The minimum atomic E-state index is -0.394. The summed E-state index contributed by atoms with van der Waals surface area (Å²) in [6.07, 6.45) is 3.38. The predicted octanol–water partition coefficient (Wildman–Crippen LogP) is 6.43. The molecule has 3 unspecified atom stereocenters. The van der Waals surface area contributed by atoms with Crippen LogP contribution in [0, 0.1) is 5.92 Å². The molecule has 0 amide bonds. The van der Waals surface area contributed by atoms with Gasteiger partial charge in [0.05, 0.1) is 49.1 Å². The smallest absolute Gasteiger partial charge is 0.312 e. The van der Waals surface area contributed by atoms with E-state index in [1.54, 1.807) is 42.7 Å². The first-order valence-electron chi connectivity index (χ1n) is 15.5. The quantitative estimate of drug-likeness (QED) is 0.168. The molecule has 0 saturated carbocycles. The first-order valence-corrected chi connectivity index (χ1v) is 15.5. The number of carbonyl (C=O) groups excluding carboxylic acids is 1. The number of carbonyl (C=O) groups is 1. The number of hydrogen-bond acceptors (Lipinski definition) is 9. The Labute approximate surface area is 266 Å².